The maximum Gasteiger partial charge on any atom is 0.202 e. The molecule has 3 aromatic rings. The zero-order chi connectivity index (χ0) is 16.8. The van der Waals surface area contributed by atoms with Gasteiger partial charge in [0, 0.05) is 19.4 Å². The second-order valence-corrected chi connectivity index (χ2v) is 7.21. The fraction of sp³-hybridized carbons (Fsp3) is 0.353. The first-order valence-corrected chi connectivity index (χ1v) is 8.33. The lowest BCUT2D eigenvalue weighted by molar-refractivity contribution is -0.104. The zero-order valence-electron chi connectivity index (χ0n) is 13.6. The average Bonchev–Trinajstić information content (AvgIpc) is 3.02. The molecule has 0 saturated carbocycles. The largest absolute Gasteiger partial charge is 0.461 e. The van der Waals surface area contributed by atoms with E-state index in [1.807, 2.05) is 17.5 Å². The average molecular weight is 332 g/mol. The summed E-state index contributed by atoms with van der Waals surface area (Å²) in [5.41, 5.74) is 10.2. The molecule has 0 aliphatic rings. The van der Waals surface area contributed by atoms with Gasteiger partial charge in [0.2, 0.25) is 5.79 Å². The number of benzene rings is 1. The Morgan fingerprint density at radius 1 is 1.30 bits per heavy atom. The Morgan fingerprint density at radius 3 is 2.70 bits per heavy atom. The summed E-state index contributed by atoms with van der Waals surface area (Å²) in [6, 6.07) is 5.64. The molecule has 5 nitrogen and oxygen atoms in total. The topological polar surface area (TPSA) is 81.5 Å². The summed E-state index contributed by atoms with van der Waals surface area (Å²) in [5.74, 6) is -0.618. The number of nitrogens with zero attached hydrogens (tertiary/aromatic N) is 1. The molecule has 1 aromatic carbocycles. The number of aromatic nitrogens is 1. The van der Waals surface area contributed by atoms with E-state index >= 15 is 0 Å². The van der Waals surface area contributed by atoms with E-state index in [1.165, 1.54) is 0 Å². The van der Waals surface area contributed by atoms with Crippen LogP contribution in [0, 0.1) is 0 Å². The zero-order valence-corrected chi connectivity index (χ0v) is 14.4. The number of thiophene rings is 1. The maximum absolute atomic E-state index is 9.92. The number of anilines is 1. The Bertz CT molecular complexity index is 843. The van der Waals surface area contributed by atoms with Crippen LogP contribution in [0.1, 0.15) is 39.2 Å². The van der Waals surface area contributed by atoms with Gasteiger partial charge >= 0.3 is 0 Å². The number of hydrogen-bond acceptors (Lipinski definition) is 6. The Labute approximate surface area is 138 Å². The van der Waals surface area contributed by atoms with Gasteiger partial charge in [-0.1, -0.05) is 25.1 Å². The van der Waals surface area contributed by atoms with E-state index < -0.39 is 5.79 Å². The van der Waals surface area contributed by atoms with E-state index in [4.69, 9.17) is 15.0 Å². The normalized spacial score (nSPS) is 12.3. The van der Waals surface area contributed by atoms with Gasteiger partial charge in [-0.3, -0.25) is 0 Å². The number of nitrogens with two attached hydrogens (primary N) is 1. The monoisotopic (exact) mass is 332 g/mol. The number of nitrogen functional groups attached to an aromatic ring is 1. The molecule has 0 amide bonds. The molecule has 2 heterocycles. The minimum absolute atomic E-state index is 0.259. The van der Waals surface area contributed by atoms with Crippen molar-refractivity contribution < 1.29 is 14.4 Å². The molecule has 0 atom stereocenters. The number of ether oxygens (including phenoxy) is 1. The van der Waals surface area contributed by atoms with Crippen molar-refractivity contribution in [3.8, 4) is 17.0 Å². The SMILES string of the molecule is CC(C)c1ccc(OC(C)(C)O)c(N)c1-c1noc2ccsc12. The highest BCUT2D eigenvalue weighted by Gasteiger charge is 2.24. The Kier molecular flexibility index (Phi) is 3.82. The van der Waals surface area contributed by atoms with Crippen molar-refractivity contribution in [2.24, 2.45) is 0 Å². The van der Waals surface area contributed by atoms with Crippen molar-refractivity contribution in [2.45, 2.75) is 39.4 Å². The van der Waals surface area contributed by atoms with Gasteiger partial charge < -0.3 is 20.1 Å². The first-order chi connectivity index (χ1) is 10.8. The quantitative estimate of drug-likeness (QED) is 0.548. The molecule has 0 aliphatic carbocycles. The van der Waals surface area contributed by atoms with Crippen molar-refractivity contribution in [1.82, 2.24) is 5.16 Å². The summed E-state index contributed by atoms with van der Waals surface area (Å²) in [7, 11) is 0. The lowest BCUT2D eigenvalue weighted by Crippen LogP contribution is -2.27. The molecular weight excluding hydrogens is 312 g/mol. The lowest BCUT2D eigenvalue weighted by Gasteiger charge is -2.23. The van der Waals surface area contributed by atoms with Crippen molar-refractivity contribution in [2.75, 3.05) is 5.73 Å². The maximum atomic E-state index is 9.92. The van der Waals surface area contributed by atoms with Crippen LogP contribution in [0.15, 0.2) is 28.1 Å². The molecule has 3 rings (SSSR count). The molecule has 0 saturated heterocycles. The molecule has 0 bridgehead atoms. The molecule has 0 radical (unpaired) electrons. The molecule has 0 fully saturated rings. The first kappa shape index (κ1) is 15.8. The lowest BCUT2D eigenvalue weighted by atomic mass is 9.93. The van der Waals surface area contributed by atoms with E-state index in [0.717, 1.165) is 27.1 Å². The van der Waals surface area contributed by atoms with Crippen LogP contribution in [0.3, 0.4) is 0 Å². The van der Waals surface area contributed by atoms with Gasteiger partial charge in [0.1, 0.15) is 16.1 Å². The number of fused-ring (bicyclic) bond motifs is 1. The Morgan fingerprint density at radius 2 is 2.04 bits per heavy atom. The molecule has 6 heteroatoms. The van der Waals surface area contributed by atoms with Gasteiger partial charge in [-0.2, -0.15) is 0 Å². The highest BCUT2D eigenvalue weighted by Crippen LogP contribution is 2.43. The second kappa shape index (κ2) is 5.54. The van der Waals surface area contributed by atoms with Crippen molar-refractivity contribution in [3.05, 3.63) is 29.1 Å². The summed E-state index contributed by atoms with van der Waals surface area (Å²) < 4.78 is 11.9. The predicted octanol–water partition coefficient (Wildman–Crippen LogP) is 4.37. The highest BCUT2D eigenvalue weighted by molar-refractivity contribution is 7.17. The van der Waals surface area contributed by atoms with Crippen molar-refractivity contribution in [3.63, 3.8) is 0 Å². The van der Waals surface area contributed by atoms with Crippen LogP contribution in [0.25, 0.3) is 21.5 Å². The van der Waals surface area contributed by atoms with Crippen LogP contribution < -0.4 is 10.5 Å². The van der Waals surface area contributed by atoms with Crippen LogP contribution in [0.5, 0.6) is 5.75 Å². The van der Waals surface area contributed by atoms with Gasteiger partial charge in [0.25, 0.3) is 0 Å². The summed E-state index contributed by atoms with van der Waals surface area (Å²) in [5, 5.41) is 16.1. The van der Waals surface area contributed by atoms with E-state index in [9.17, 15) is 5.11 Å². The van der Waals surface area contributed by atoms with Gasteiger partial charge in [-0.15, -0.1) is 11.3 Å². The van der Waals surface area contributed by atoms with Crippen LogP contribution in [-0.2, 0) is 0 Å². The van der Waals surface area contributed by atoms with Gasteiger partial charge in [-0.05, 0) is 29.0 Å². The Hall–Kier alpha value is -2.05. The highest BCUT2D eigenvalue weighted by atomic mass is 32.1. The van der Waals surface area contributed by atoms with Crippen LogP contribution >= 0.6 is 11.3 Å². The van der Waals surface area contributed by atoms with Gasteiger partial charge in [0.15, 0.2) is 5.58 Å². The van der Waals surface area contributed by atoms with E-state index in [1.54, 1.807) is 31.3 Å². The number of rotatable bonds is 4. The molecule has 122 valence electrons. The van der Waals surface area contributed by atoms with Crippen LogP contribution in [-0.4, -0.2) is 16.1 Å². The number of hydrogen-bond donors (Lipinski definition) is 2. The number of aliphatic hydroxyl groups is 1. The predicted molar refractivity (Wildman–Crippen MR) is 92.7 cm³/mol. The van der Waals surface area contributed by atoms with E-state index in [0.29, 0.717) is 11.4 Å². The smallest absolute Gasteiger partial charge is 0.202 e. The first-order valence-electron chi connectivity index (χ1n) is 7.45. The van der Waals surface area contributed by atoms with Crippen LogP contribution in [0.4, 0.5) is 5.69 Å². The Balaban J connectivity index is 2.24. The third-order valence-electron chi connectivity index (χ3n) is 3.54. The standard InChI is InChI=1S/C17H20N2O3S/c1-9(2)10-5-6-11(21-17(3,4)20)14(18)13(10)15-16-12(22-19-15)7-8-23-16/h5-9,20H,18H2,1-4H3. The fourth-order valence-electron chi connectivity index (χ4n) is 2.56. The summed E-state index contributed by atoms with van der Waals surface area (Å²) in [6.07, 6.45) is 0. The summed E-state index contributed by atoms with van der Waals surface area (Å²) in [6.45, 7) is 7.33. The van der Waals surface area contributed by atoms with E-state index in [2.05, 4.69) is 19.0 Å². The molecule has 23 heavy (non-hydrogen) atoms. The molecular formula is C17H20N2O3S. The van der Waals surface area contributed by atoms with Gasteiger partial charge in [0.05, 0.1) is 5.69 Å². The molecule has 0 spiro atoms. The molecule has 2 aromatic heterocycles. The summed E-state index contributed by atoms with van der Waals surface area (Å²) in [4.78, 5) is 0. The van der Waals surface area contributed by atoms with E-state index in [-0.39, 0.29) is 5.92 Å². The van der Waals surface area contributed by atoms with Crippen molar-refractivity contribution in [1.29, 1.82) is 0 Å². The van der Waals surface area contributed by atoms with Crippen LogP contribution in [0.2, 0.25) is 0 Å². The fourth-order valence-corrected chi connectivity index (χ4v) is 3.36. The molecule has 3 N–H and O–H groups in total. The third kappa shape index (κ3) is 2.92. The van der Waals surface area contributed by atoms with Crippen molar-refractivity contribution >= 4 is 27.3 Å². The summed E-state index contributed by atoms with van der Waals surface area (Å²) >= 11 is 1.56. The molecule has 0 unspecified atom stereocenters. The minimum Gasteiger partial charge on any atom is -0.461 e. The minimum atomic E-state index is -1.31. The molecule has 0 aliphatic heterocycles. The van der Waals surface area contributed by atoms with Gasteiger partial charge in [-0.25, -0.2) is 0 Å². The third-order valence-corrected chi connectivity index (χ3v) is 4.44. The second-order valence-electron chi connectivity index (χ2n) is 6.29.